The highest BCUT2D eigenvalue weighted by atomic mass is 32.2. The van der Waals surface area contributed by atoms with Crippen LogP contribution in [0.15, 0.2) is 48.5 Å². The van der Waals surface area contributed by atoms with E-state index in [1.54, 1.807) is 31.3 Å². The van der Waals surface area contributed by atoms with Crippen LogP contribution in [0.3, 0.4) is 0 Å². The van der Waals surface area contributed by atoms with Gasteiger partial charge in [0, 0.05) is 38.8 Å². The second-order valence-electron chi connectivity index (χ2n) is 8.82. The molecule has 3 aliphatic rings. The highest BCUT2D eigenvalue weighted by Gasteiger charge is 2.39. The molecule has 7 nitrogen and oxygen atoms in total. The summed E-state index contributed by atoms with van der Waals surface area (Å²) in [6.07, 6.45) is 2.56. The summed E-state index contributed by atoms with van der Waals surface area (Å²) in [5.41, 5.74) is 3.34. The van der Waals surface area contributed by atoms with Crippen LogP contribution in [0.25, 0.3) is 0 Å². The first-order valence-electron chi connectivity index (χ1n) is 11.1. The SMILES string of the molecule is CN([C@@H]1CCN2CCc3ccccc3C2C1)S(=O)(=O)CCN1C(=O)c2ccccc2C1=O. The van der Waals surface area contributed by atoms with Gasteiger partial charge in [-0.25, -0.2) is 12.7 Å². The fraction of sp³-hybridized carbons (Fsp3) is 0.417. The number of amides is 2. The molecule has 32 heavy (non-hydrogen) atoms. The molecule has 0 saturated carbocycles. The van der Waals surface area contributed by atoms with Crippen molar-refractivity contribution in [3.63, 3.8) is 0 Å². The van der Waals surface area contributed by atoms with Gasteiger partial charge in [-0.1, -0.05) is 36.4 Å². The van der Waals surface area contributed by atoms with Crippen LogP contribution in [-0.2, 0) is 16.4 Å². The normalized spacial score (nSPS) is 23.2. The number of carbonyl (C=O) groups excluding carboxylic acids is 2. The highest BCUT2D eigenvalue weighted by molar-refractivity contribution is 7.89. The lowest BCUT2D eigenvalue weighted by Gasteiger charge is -2.45. The topological polar surface area (TPSA) is 78.0 Å². The van der Waals surface area contributed by atoms with E-state index in [4.69, 9.17) is 0 Å². The van der Waals surface area contributed by atoms with E-state index < -0.39 is 21.8 Å². The van der Waals surface area contributed by atoms with E-state index in [1.165, 1.54) is 15.4 Å². The van der Waals surface area contributed by atoms with Crippen LogP contribution in [-0.4, -0.2) is 72.8 Å². The van der Waals surface area contributed by atoms with Crippen LogP contribution < -0.4 is 0 Å². The Hall–Kier alpha value is -2.55. The first-order chi connectivity index (χ1) is 15.4. The van der Waals surface area contributed by atoms with Crippen LogP contribution in [0.2, 0.25) is 0 Å². The Kier molecular flexibility index (Phi) is 5.39. The van der Waals surface area contributed by atoms with Gasteiger partial charge >= 0.3 is 0 Å². The van der Waals surface area contributed by atoms with Gasteiger partial charge in [-0.3, -0.25) is 19.4 Å². The zero-order chi connectivity index (χ0) is 22.5. The number of rotatable bonds is 5. The van der Waals surface area contributed by atoms with Gasteiger partial charge in [0.1, 0.15) is 0 Å². The van der Waals surface area contributed by atoms with Crippen molar-refractivity contribution in [2.75, 3.05) is 32.4 Å². The van der Waals surface area contributed by atoms with Crippen LogP contribution in [0.5, 0.6) is 0 Å². The zero-order valence-electron chi connectivity index (χ0n) is 18.1. The molecule has 0 radical (unpaired) electrons. The van der Waals surface area contributed by atoms with Crippen molar-refractivity contribution >= 4 is 21.8 Å². The third kappa shape index (κ3) is 3.56. The molecule has 0 aromatic heterocycles. The average Bonchev–Trinajstić information content (AvgIpc) is 3.06. The number of piperidine rings is 1. The van der Waals surface area contributed by atoms with E-state index in [0.717, 1.165) is 37.3 Å². The molecule has 3 heterocycles. The first kappa shape index (κ1) is 21.3. The van der Waals surface area contributed by atoms with Gasteiger partial charge < -0.3 is 0 Å². The quantitative estimate of drug-likeness (QED) is 0.650. The lowest BCUT2D eigenvalue weighted by molar-refractivity contribution is 0.0663. The Balaban J connectivity index is 1.27. The number of benzene rings is 2. The van der Waals surface area contributed by atoms with Crippen LogP contribution in [0, 0.1) is 0 Å². The third-order valence-corrected chi connectivity index (χ3v) is 9.05. The molecule has 168 valence electrons. The summed E-state index contributed by atoms with van der Waals surface area (Å²) < 4.78 is 27.8. The number of nitrogens with zero attached hydrogens (tertiary/aromatic N) is 3. The number of imide groups is 1. The van der Waals surface area contributed by atoms with Crippen molar-refractivity contribution < 1.29 is 18.0 Å². The molecule has 2 aromatic rings. The van der Waals surface area contributed by atoms with Crippen molar-refractivity contribution in [3.8, 4) is 0 Å². The smallest absolute Gasteiger partial charge is 0.261 e. The Morgan fingerprint density at radius 2 is 1.62 bits per heavy atom. The van der Waals surface area contributed by atoms with Crippen LogP contribution in [0.1, 0.15) is 50.7 Å². The number of fused-ring (bicyclic) bond motifs is 4. The van der Waals surface area contributed by atoms with E-state index in [1.807, 2.05) is 0 Å². The molecule has 0 N–H and O–H groups in total. The van der Waals surface area contributed by atoms with Gasteiger partial charge in [0.15, 0.2) is 0 Å². The fourth-order valence-electron chi connectivity index (χ4n) is 5.29. The van der Waals surface area contributed by atoms with E-state index in [2.05, 4.69) is 29.2 Å². The zero-order valence-corrected chi connectivity index (χ0v) is 18.9. The second-order valence-corrected chi connectivity index (χ2v) is 11.0. The standard InChI is InChI=1S/C24H27N3O4S/c1-25(18-11-13-26-12-10-17-6-2-3-7-19(17)22(26)16-18)32(30,31)15-14-27-23(28)20-8-4-5-9-21(20)24(27)29/h2-9,18,22H,10-16H2,1H3/t18-,22?/m1/s1. The minimum atomic E-state index is -3.63. The summed E-state index contributed by atoms with van der Waals surface area (Å²) >= 11 is 0. The van der Waals surface area contributed by atoms with Gasteiger partial charge in [0.05, 0.1) is 16.9 Å². The second kappa shape index (κ2) is 8.10. The summed E-state index contributed by atoms with van der Waals surface area (Å²) in [5.74, 6) is -1.11. The number of carbonyl (C=O) groups is 2. The van der Waals surface area contributed by atoms with Gasteiger partial charge in [-0.05, 0) is 42.5 Å². The average molecular weight is 454 g/mol. The summed E-state index contributed by atoms with van der Waals surface area (Å²) in [6, 6.07) is 15.2. The monoisotopic (exact) mass is 453 g/mol. The fourth-order valence-corrected chi connectivity index (χ4v) is 6.63. The van der Waals surface area contributed by atoms with Crippen molar-refractivity contribution in [1.82, 2.24) is 14.1 Å². The van der Waals surface area contributed by atoms with Gasteiger partial charge in [0.2, 0.25) is 10.0 Å². The predicted molar refractivity (Wildman–Crippen MR) is 121 cm³/mol. The number of hydrogen-bond acceptors (Lipinski definition) is 5. The van der Waals surface area contributed by atoms with E-state index >= 15 is 0 Å². The molecule has 3 aliphatic heterocycles. The Labute approximate surface area is 188 Å². The summed E-state index contributed by atoms with van der Waals surface area (Å²) in [7, 11) is -2.00. The van der Waals surface area contributed by atoms with Gasteiger partial charge in [-0.2, -0.15) is 0 Å². The molecule has 2 amide bonds. The van der Waals surface area contributed by atoms with E-state index in [9.17, 15) is 18.0 Å². The van der Waals surface area contributed by atoms with E-state index in [0.29, 0.717) is 11.1 Å². The largest absolute Gasteiger partial charge is 0.296 e. The van der Waals surface area contributed by atoms with Crippen molar-refractivity contribution in [3.05, 3.63) is 70.8 Å². The Morgan fingerprint density at radius 1 is 0.969 bits per heavy atom. The maximum absolute atomic E-state index is 13.1. The van der Waals surface area contributed by atoms with Crippen LogP contribution >= 0.6 is 0 Å². The molecule has 1 saturated heterocycles. The maximum Gasteiger partial charge on any atom is 0.261 e. The molecule has 2 aromatic carbocycles. The first-order valence-corrected chi connectivity index (χ1v) is 12.7. The summed E-state index contributed by atoms with van der Waals surface area (Å²) in [6.45, 7) is 1.73. The molecule has 1 unspecified atom stereocenters. The van der Waals surface area contributed by atoms with Crippen molar-refractivity contribution in [1.29, 1.82) is 0 Å². The molecule has 5 rings (SSSR count). The van der Waals surface area contributed by atoms with Crippen molar-refractivity contribution in [2.24, 2.45) is 0 Å². The van der Waals surface area contributed by atoms with Gasteiger partial charge in [-0.15, -0.1) is 0 Å². The minimum Gasteiger partial charge on any atom is -0.296 e. The number of sulfonamides is 1. The summed E-state index contributed by atoms with van der Waals surface area (Å²) in [5, 5.41) is 0. The Bertz CT molecular complexity index is 1140. The number of hydrogen-bond donors (Lipinski definition) is 0. The van der Waals surface area contributed by atoms with Crippen LogP contribution in [0.4, 0.5) is 0 Å². The van der Waals surface area contributed by atoms with Gasteiger partial charge in [0.25, 0.3) is 11.8 Å². The third-order valence-electron chi connectivity index (χ3n) is 7.17. The molecule has 0 aliphatic carbocycles. The molecular weight excluding hydrogens is 426 g/mol. The summed E-state index contributed by atoms with van der Waals surface area (Å²) in [4.78, 5) is 28.6. The Morgan fingerprint density at radius 3 is 2.34 bits per heavy atom. The lowest BCUT2D eigenvalue weighted by Crippen LogP contribution is -2.50. The molecule has 1 fully saturated rings. The highest BCUT2D eigenvalue weighted by Crippen LogP contribution is 2.38. The molecule has 0 spiro atoms. The molecule has 8 heteroatoms. The van der Waals surface area contributed by atoms with Crippen molar-refractivity contribution in [2.45, 2.75) is 31.3 Å². The lowest BCUT2D eigenvalue weighted by atomic mass is 9.85. The minimum absolute atomic E-state index is 0.102. The molecule has 2 atom stereocenters. The maximum atomic E-state index is 13.1. The molecule has 0 bridgehead atoms. The van der Waals surface area contributed by atoms with E-state index in [-0.39, 0.29) is 24.4 Å². The predicted octanol–water partition coefficient (Wildman–Crippen LogP) is 2.31. The molecular formula is C24H27N3O4S.